The van der Waals surface area contributed by atoms with E-state index in [2.05, 4.69) is 5.73 Å². The van der Waals surface area contributed by atoms with Gasteiger partial charge < -0.3 is 5.73 Å². The Morgan fingerprint density at radius 1 is 1.31 bits per heavy atom. The predicted molar refractivity (Wildman–Crippen MR) is 32.5 cm³/mol. The Kier molecular flexibility index (Phi) is 3.23. The van der Waals surface area contributed by atoms with Gasteiger partial charge in [0, 0.05) is 0 Å². The first-order valence-corrected chi connectivity index (χ1v) is 3.88. The minimum atomic E-state index is -5.88. The second-order valence-corrected chi connectivity index (χ2v) is 2.87. The molecule has 0 saturated heterocycles. The van der Waals surface area contributed by atoms with Crippen LogP contribution in [0.15, 0.2) is 0 Å². The zero-order chi connectivity index (χ0) is 10.8. The second-order valence-electron chi connectivity index (χ2n) is 1.68. The lowest BCUT2D eigenvalue weighted by molar-refractivity contribution is -0.135. The normalized spacial score (nSPS) is 11.4. The molecule has 0 aliphatic heterocycles. The van der Waals surface area contributed by atoms with Gasteiger partial charge in [-0.15, -0.1) is 4.31 Å². The predicted octanol–water partition coefficient (Wildman–Crippen LogP) is -0.627. The molecule has 10 heteroatoms. The molecule has 0 atom stereocenters. The van der Waals surface area contributed by atoms with Crippen molar-refractivity contribution in [1.82, 2.24) is 4.31 Å². The van der Waals surface area contributed by atoms with Gasteiger partial charge in [0.25, 0.3) is 0 Å². The van der Waals surface area contributed by atoms with Crippen LogP contribution in [0.1, 0.15) is 0 Å². The number of hydrogen-bond donors (Lipinski definition) is 1. The van der Waals surface area contributed by atoms with Gasteiger partial charge in [0.1, 0.15) is 0 Å². The fraction of sp³-hybridized carbons (Fsp3) is 0.333. The van der Waals surface area contributed by atoms with Crippen LogP contribution in [-0.4, -0.2) is 31.1 Å². The molecule has 0 radical (unpaired) electrons. The van der Waals surface area contributed by atoms with Gasteiger partial charge in [-0.3, -0.25) is 4.79 Å². The van der Waals surface area contributed by atoms with Crippen LogP contribution in [0.5, 0.6) is 0 Å². The number of amides is 3. The Morgan fingerprint density at radius 3 is 1.77 bits per heavy atom. The summed E-state index contributed by atoms with van der Waals surface area (Å²) < 4.78 is 53.5. The van der Waals surface area contributed by atoms with Crippen LogP contribution < -0.4 is 5.73 Å². The Labute approximate surface area is 70.4 Å². The van der Waals surface area contributed by atoms with Crippen LogP contribution in [0, 0.1) is 0 Å². The number of carbonyl (C=O) groups excluding carboxylic acids is 2. The molecule has 0 spiro atoms. The number of nitrogens with zero attached hydrogens (tertiary/aromatic N) is 1. The fourth-order valence-corrected chi connectivity index (χ4v) is 0.922. The monoisotopic (exact) mass is 220 g/mol. The van der Waals surface area contributed by atoms with Gasteiger partial charge in [0.05, 0.1) is 0 Å². The number of urea groups is 1. The highest BCUT2D eigenvalue weighted by Gasteiger charge is 2.37. The van der Waals surface area contributed by atoms with E-state index in [1.54, 1.807) is 0 Å². The average molecular weight is 220 g/mol. The van der Waals surface area contributed by atoms with Gasteiger partial charge in [0.15, 0.2) is 0 Å². The molecular weight excluding hydrogens is 217 g/mol. The van der Waals surface area contributed by atoms with Crippen LogP contribution in [0.25, 0.3) is 0 Å². The van der Waals surface area contributed by atoms with Crippen molar-refractivity contribution in [3.63, 3.8) is 0 Å². The summed E-state index contributed by atoms with van der Waals surface area (Å²) in [6.45, 7) is 0. The zero-order valence-corrected chi connectivity index (χ0v) is 6.59. The van der Waals surface area contributed by atoms with E-state index in [1.165, 1.54) is 0 Å². The quantitative estimate of drug-likeness (QED) is 0.626. The van der Waals surface area contributed by atoms with Gasteiger partial charge in [0.2, 0.25) is 0 Å². The standard InChI is InChI=1S/C3H3F3N2O4S/c4-1(5)2(9)8(3(7)10)13(6,11)12/h1H,(H2,7,10). The Morgan fingerprint density at radius 2 is 1.69 bits per heavy atom. The number of halogens is 3. The van der Waals surface area contributed by atoms with E-state index in [9.17, 15) is 30.7 Å². The molecule has 0 aromatic rings. The van der Waals surface area contributed by atoms with E-state index >= 15 is 0 Å². The maximum absolute atomic E-state index is 12.0. The number of alkyl halides is 2. The summed E-state index contributed by atoms with van der Waals surface area (Å²) in [6, 6.07) is -2.13. The van der Waals surface area contributed by atoms with E-state index in [1.807, 2.05) is 0 Å². The first kappa shape index (κ1) is 11.7. The van der Waals surface area contributed by atoms with Crippen molar-refractivity contribution >= 4 is 22.3 Å². The number of hydrogen-bond acceptors (Lipinski definition) is 4. The molecule has 0 fully saturated rings. The highest BCUT2D eigenvalue weighted by atomic mass is 32.3. The molecule has 3 amide bonds. The van der Waals surface area contributed by atoms with Crippen molar-refractivity contribution in [3.05, 3.63) is 0 Å². The summed E-state index contributed by atoms with van der Waals surface area (Å²) >= 11 is 0. The van der Waals surface area contributed by atoms with Crippen LogP contribution in [0.2, 0.25) is 0 Å². The van der Waals surface area contributed by atoms with Gasteiger partial charge in [-0.05, 0) is 0 Å². The largest absolute Gasteiger partial charge is 0.410 e. The van der Waals surface area contributed by atoms with E-state index in [-0.39, 0.29) is 0 Å². The lowest BCUT2D eigenvalue weighted by Gasteiger charge is -2.11. The molecule has 0 aromatic heterocycles. The topological polar surface area (TPSA) is 97.5 Å². The van der Waals surface area contributed by atoms with Crippen molar-refractivity contribution in [2.45, 2.75) is 6.43 Å². The van der Waals surface area contributed by atoms with Crippen LogP contribution >= 0.6 is 0 Å². The SMILES string of the molecule is NC(=O)N(C(=O)C(F)F)S(=O)(=O)F. The van der Waals surface area contributed by atoms with Gasteiger partial charge in [-0.2, -0.15) is 17.2 Å². The molecule has 0 rings (SSSR count). The summed E-state index contributed by atoms with van der Waals surface area (Å²) in [5.41, 5.74) is 4.18. The average Bonchev–Trinajstić information content (AvgIpc) is 1.82. The number of imide groups is 1. The van der Waals surface area contributed by atoms with Crippen molar-refractivity contribution in [2.75, 3.05) is 0 Å². The number of primary amides is 1. The highest BCUT2D eigenvalue weighted by molar-refractivity contribution is 7.85. The summed E-state index contributed by atoms with van der Waals surface area (Å²) in [6.07, 6.45) is -3.84. The molecule has 13 heavy (non-hydrogen) atoms. The molecule has 0 heterocycles. The van der Waals surface area contributed by atoms with Gasteiger partial charge >= 0.3 is 28.8 Å². The zero-order valence-electron chi connectivity index (χ0n) is 5.78. The van der Waals surface area contributed by atoms with Crippen molar-refractivity contribution in [3.8, 4) is 0 Å². The van der Waals surface area contributed by atoms with Gasteiger partial charge in [-0.1, -0.05) is 3.89 Å². The molecule has 76 valence electrons. The fourth-order valence-electron chi connectivity index (χ4n) is 0.412. The number of carbonyl (C=O) groups is 2. The molecule has 0 aliphatic carbocycles. The van der Waals surface area contributed by atoms with Crippen molar-refractivity contribution < 1.29 is 30.7 Å². The molecule has 2 N–H and O–H groups in total. The summed E-state index contributed by atoms with van der Waals surface area (Å²) in [7, 11) is -5.88. The molecular formula is C3H3F3N2O4S. The summed E-state index contributed by atoms with van der Waals surface area (Å²) in [4.78, 5) is 20.3. The minimum absolute atomic E-state index is 1.35. The third kappa shape index (κ3) is 2.89. The smallest absolute Gasteiger partial charge is 0.350 e. The van der Waals surface area contributed by atoms with Crippen LogP contribution in [0.4, 0.5) is 17.5 Å². The van der Waals surface area contributed by atoms with Crippen LogP contribution in [0.3, 0.4) is 0 Å². The molecule has 6 nitrogen and oxygen atoms in total. The molecule has 0 bridgehead atoms. The van der Waals surface area contributed by atoms with Crippen molar-refractivity contribution in [1.29, 1.82) is 0 Å². The third-order valence-corrected chi connectivity index (χ3v) is 1.60. The number of nitrogens with two attached hydrogens (primary N) is 1. The Bertz CT molecular complexity index is 326. The van der Waals surface area contributed by atoms with E-state index in [0.717, 1.165) is 0 Å². The lowest BCUT2D eigenvalue weighted by atomic mass is 10.6. The maximum Gasteiger partial charge on any atom is 0.410 e. The summed E-state index contributed by atoms with van der Waals surface area (Å²) in [5.74, 6) is -2.53. The Balaban J connectivity index is 5.08. The molecule has 0 unspecified atom stereocenters. The van der Waals surface area contributed by atoms with Gasteiger partial charge in [-0.25, -0.2) is 4.79 Å². The second kappa shape index (κ2) is 3.60. The first-order chi connectivity index (χ1) is 5.68. The van der Waals surface area contributed by atoms with Crippen molar-refractivity contribution in [2.24, 2.45) is 5.73 Å². The highest BCUT2D eigenvalue weighted by Crippen LogP contribution is 2.08. The van der Waals surface area contributed by atoms with Crippen LogP contribution in [-0.2, 0) is 15.2 Å². The maximum atomic E-state index is 12.0. The minimum Gasteiger partial charge on any atom is -0.350 e. The molecule has 0 aliphatic rings. The third-order valence-electron chi connectivity index (χ3n) is 0.805. The Hall–Kier alpha value is -1.32. The van der Waals surface area contributed by atoms with E-state index < -0.39 is 33.1 Å². The summed E-state index contributed by atoms with van der Waals surface area (Å²) in [5, 5.41) is 0. The van der Waals surface area contributed by atoms with E-state index in [0.29, 0.717) is 0 Å². The first-order valence-electron chi connectivity index (χ1n) is 2.54. The van der Waals surface area contributed by atoms with E-state index in [4.69, 9.17) is 0 Å². The lowest BCUT2D eigenvalue weighted by Crippen LogP contribution is -2.45. The number of rotatable bonds is 2. The molecule has 0 saturated carbocycles. The molecule has 0 aromatic carbocycles.